The minimum atomic E-state index is -0.718. The Kier molecular flexibility index (Phi) is 3.81. The average Bonchev–Trinajstić information content (AvgIpc) is 2.77. The molecule has 5 heteroatoms. The molecule has 1 heterocycles. The summed E-state index contributed by atoms with van der Waals surface area (Å²) < 4.78 is 0. The third kappa shape index (κ3) is 3.20. The van der Waals surface area contributed by atoms with Crippen LogP contribution in [0.5, 0.6) is 0 Å². The van der Waals surface area contributed by atoms with Crippen molar-refractivity contribution in [3.63, 3.8) is 0 Å². The van der Waals surface area contributed by atoms with Gasteiger partial charge in [0, 0.05) is 24.6 Å². The quantitative estimate of drug-likeness (QED) is 0.765. The minimum Gasteiger partial charge on any atom is -0.388 e. The lowest BCUT2D eigenvalue weighted by molar-refractivity contribution is 0.0506. The molecule has 2 amide bonds. The number of hydrogen-bond acceptors (Lipinski definition) is 3. The molecule has 1 aliphatic rings. The number of carbonyl (C=O) groups is 1. The van der Waals surface area contributed by atoms with E-state index in [1.165, 1.54) is 0 Å². The lowest BCUT2D eigenvalue weighted by Gasteiger charge is -2.22. The summed E-state index contributed by atoms with van der Waals surface area (Å²) in [7, 11) is 0. The molecule has 0 unspecified atom stereocenters. The summed E-state index contributed by atoms with van der Waals surface area (Å²) in [6, 6.07) is 1.46. The van der Waals surface area contributed by atoms with E-state index in [4.69, 9.17) is 0 Å². The first-order valence-corrected chi connectivity index (χ1v) is 6.27. The van der Waals surface area contributed by atoms with Gasteiger partial charge in [-0.05, 0) is 31.4 Å². The SMILES string of the molecule is Cc1cnccc1NC(=O)NCC1(O)CCCC1. The number of pyridine rings is 1. The zero-order valence-electron chi connectivity index (χ0n) is 10.6. The maximum absolute atomic E-state index is 11.7. The summed E-state index contributed by atoms with van der Waals surface area (Å²) in [5.74, 6) is 0. The first kappa shape index (κ1) is 12.8. The molecule has 1 aliphatic carbocycles. The number of aryl methyl sites for hydroxylation is 1. The summed E-state index contributed by atoms with van der Waals surface area (Å²) in [6.45, 7) is 2.19. The summed E-state index contributed by atoms with van der Waals surface area (Å²) >= 11 is 0. The van der Waals surface area contributed by atoms with Crippen LogP contribution in [0.4, 0.5) is 10.5 Å². The molecule has 0 spiro atoms. The van der Waals surface area contributed by atoms with Crippen molar-refractivity contribution in [2.75, 3.05) is 11.9 Å². The number of anilines is 1. The second-order valence-corrected chi connectivity index (χ2v) is 4.93. The van der Waals surface area contributed by atoms with Crippen molar-refractivity contribution >= 4 is 11.7 Å². The third-order valence-electron chi connectivity index (χ3n) is 3.38. The Hall–Kier alpha value is -1.62. The van der Waals surface area contributed by atoms with Gasteiger partial charge in [0.2, 0.25) is 0 Å². The van der Waals surface area contributed by atoms with Gasteiger partial charge in [-0.1, -0.05) is 12.8 Å². The van der Waals surface area contributed by atoms with Crippen molar-refractivity contribution in [2.24, 2.45) is 0 Å². The highest BCUT2D eigenvalue weighted by atomic mass is 16.3. The molecular formula is C13H19N3O2. The molecular weight excluding hydrogens is 230 g/mol. The van der Waals surface area contributed by atoms with E-state index in [-0.39, 0.29) is 6.03 Å². The van der Waals surface area contributed by atoms with E-state index in [9.17, 15) is 9.90 Å². The largest absolute Gasteiger partial charge is 0.388 e. The molecule has 0 bridgehead atoms. The van der Waals surface area contributed by atoms with Gasteiger partial charge in [-0.25, -0.2) is 4.79 Å². The van der Waals surface area contributed by atoms with E-state index in [0.717, 1.165) is 36.9 Å². The van der Waals surface area contributed by atoms with Crippen LogP contribution in [-0.4, -0.2) is 28.3 Å². The van der Waals surface area contributed by atoms with Crippen molar-refractivity contribution in [1.29, 1.82) is 0 Å². The van der Waals surface area contributed by atoms with Gasteiger partial charge >= 0.3 is 6.03 Å². The monoisotopic (exact) mass is 249 g/mol. The molecule has 1 saturated carbocycles. The zero-order chi connectivity index (χ0) is 13.0. The summed E-state index contributed by atoms with van der Waals surface area (Å²) in [6.07, 6.45) is 6.92. The number of nitrogens with zero attached hydrogens (tertiary/aromatic N) is 1. The number of hydrogen-bond donors (Lipinski definition) is 3. The lowest BCUT2D eigenvalue weighted by Crippen LogP contribution is -2.42. The van der Waals surface area contributed by atoms with Crippen molar-refractivity contribution in [3.8, 4) is 0 Å². The molecule has 5 nitrogen and oxygen atoms in total. The standard InChI is InChI=1S/C13H19N3O2/c1-10-8-14-7-4-11(10)16-12(17)15-9-13(18)5-2-3-6-13/h4,7-8,18H,2-3,5-6,9H2,1H3,(H2,14,15,16,17). The second-order valence-electron chi connectivity index (χ2n) is 4.93. The van der Waals surface area contributed by atoms with E-state index >= 15 is 0 Å². The van der Waals surface area contributed by atoms with Crippen LogP contribution < -0.4 is 10.6 Å². The Labute approximate surface area is 107 Å². The van der Waals surface area contributed by atoms with Gasteiger partial charge in [0.15, 0.2) is 0 Å². The fourth-order valence-corrected chi connectivity index (χ4v) is 2.23. The van der Waals surface area contributed by atoms with Crippen LogP contribution in [0.1, 0.15) is 31.2 Å². The maximum Gasteiger partial charge on any atom is 0.319 e. The number of aliphatic hydroxyl groups is 1. The molecule has 0 aliphatic heterocycles. The molecule has 0 atom stereocenters. The summed E-state index contributed by atoms with van der Waals surface area (Å²) in [4.78, 5) is 15.7. The van der Waals surface area contributed by atoms with Crippen LogP contribution >= 0.6 is 0 Å². The van der Waals surface area contributed by atoms with Crippen LogP contribution in [0.15, 0.2) is 18.5 Å². The molecule has 0 aromatic carbocycles. The van der Waals surface area contributed by atoms with Crippen LogP contribution in [-0.2, 0) is 0 Å². The van der Waals surface area contributed by atoms with Crippen LogP contribution in [0.25, 0.3) is 0 Å². The summed E-state index contributed by atoms with van der Waals surface area (Å²) in [5.41, 5.74) is 0.929. The smallest absolute Gasteiger partial charge is 0.319 e. The van der Waals surface area contributed by atoms with Crippen molar-refractivity contribution in [1.82, 2.24) is 10.3 Å². The van der Waals surface area contributed by atoms with Gasteiger partial charge in [-0.3, -0.25) is 4.98 Å². The molecule has 98 valence electrons. The number of aromatic nitrogens is 1. The number of urea groups is 1. The fraction of sp³-hybridized carbons (Fsp3) is 0.538. The van der Waals surface area contributed by atoms with Gasteiger partial charge < -0.3 is 15.7 Å². The Bertz CT molecular complexity index is 428. The number of rotatable bonds is 3. The number of amides is 2. The Morgan fingerprint density at radius 3 is 2.89 bits per heavy atom. The van der Waals surface area contributed by atoms with E-state index in [2.05, 4.69) is 15.6 Å². The predicted octanol–water partition coefficient (Wildman–Crippen LogP) is 1.82. The molecule has 0 saturated heterocycles. The number of nitrogens with one attached hydrogen (secondary N) is 2. The molecule has 18 heavy (non-hydrogen) atoms. The van der Waals surface area contributed by atoms with Gasteiger partial charge in [0.1, 0.15) is 0 Å². The zero-order valence-corrected chi connectivity index (χ0v) is 10.6. The lowest BCUT2D eigenvalue weighted by atomic mass is 10.0. The van der Waals surface area contributed by atoms with Crippen LogP contribution in [0.2, 0.25) is 0 Å². The van der Waals surface area contributed by atoms with Gasteiger partial charge in [-0.2, -0.15) is 0 Å². The molecule has 1 aromatic heterocycles. The van der Waals surface area contributed by atoms with Crippen molar-refractivity contribution in [3.05, 3.63) is 24.0 Å². The fourth-order valence-electron chi connectivity index (χ4n) is 2.23. The van der Waals surface area contributed by atoms with Gasteiger partial charge in [-0.15, -0.1) is 0 Å². The predicted molar refractivity (Wildman–Crippen MR) is 69.4 cm³/mol. The average molecular weight is 249 g/mol. The highest BCUT2D eigenvalue weighted by Crippen LogP contribution is 2.28. The molecule has 0 radical (unpaired) electrons. The first-order valence-electron chi connectivity index (χ1n) is 6.27. The van der Waals surface area contributed by atoms with Gasteiger partial charge in [0.25, 0.3) is 0 Å². The van der Waals surface area contributed by atoms with E-state index < -0.39 is 5.60 Å². The van der Waals surface area contributed by atoms with E-state index in [1.54, 1.807) is 18.5 Å². The Balaban J connectivity index is 1.84. The topological polar surface area (TPSA) is 74.2 Å². The normalized spacial score (nSPS) is 17.4. The summed E-state index contributed by atoms with van der Waals surface area (Å²) in [5, 5.41) is 15.6. The minimum absolute atomic E-state index is 0.287. The molecule has 3 N–H and O–H groups in total. The number of carbonyl (C=O) groups excluding carboxylic acids is 1. The highest BCUT2D eigenvalue weighted by molar-refractivity contribution is 5.89. The highest BCUT2D eigenvalue weighted by Gasteiger charge is 2.31. The maximum atomic E-state index is 11.7. The van der Waals surface area contributed by atoms with E-state index in [1.807, 2.05) is 6.92 Å². The van der Waals surface area contributed by atoms with Crippen LogP contribution in [0.3, 0.4) is 0 Å². The molecule has 2 rings (SSSR count). The molecule has 1 fully saturated rings. The Morgan fingerprint density at radius 1 is 1.50 bits per heavy atom. The van der Waals surface area contributed by atoms with Crippen molar-refractivity contribution < 1.29 is 9.90 Å². The van der Waals surface area contributed by atoms with Gasteiger partial charge in [0.05, 0.1) is 5.60 Å². The first-order chi connectivity index (χ1) is 8.59. The Morgan fingerprint density at radius 2 is 2.22 bits per heavy atom. The van der Waals surface area contributed by atoms with Crippen LogP contribution in [0, 0.1) is 6.92 Å². The van der Waals surface area contributed by atoms with Crippen molar-refractivity contribution in [2.45, 2.75) is 38.2 Å². The van der Waals surface area contributed by atoms with E-state index in [0.29, 0.717) is 6.54 Å². The third-order valence-corrected chi connectivity index (χ3v) is 3.38. The molecule has 1 aromatic rings. The second kappa shape index (κ2) is 5.35.